The van der Waals surface area contributed by atoms with E-state index in [1.807, 2.05) is 0 Å². The smallest absolute Gasteiger partial charge is 0.330 e. The average Bonchev–Trinajstić information content (AvgIpc) is 3.65. The number of nitrogens with one attached hydrogen (secondary N) is 1. The maximum absolute atomic E-state index is 12.7. The van der Waals surface area contributed by atoms with Crippen molar-refractivity contribution in [2.75, 3.05) is 6.61 Å². The molecule has 0 radical (unpaired) electrons. The molecule has 2 aliphatic rings. The first-order chi connectivity index (χ1) is 25.0. The molecule has 2 aromatic rings. The fourth-order valence-electron chi connectivity index (χ4n) is 8.47. The Balaban J connectivity index is 1.22. The second kappa shape index (κ2) is 22.7. The van der Waals surface area contributed by atoms with Crippen molar-refractivity contribution in [1.82, 2.24) is 9.55 Å². The van der Waals surface area contributed by atoms with E-state index in [9.17, 15) is 19.8 Å². The molecule has 0 saturated carbocycles. The molecular weight excluding hydrogens is 640 g/mol. The van der Waals surface area contributed by atoms with Crippen LogP contribution in [-0.2, 0) is 34.5 Å². The van der Waals surface area contributed by atoms with Gasteiger partial charge in [0.15, 0.2) is 11.8 Å². The van der Waals surface area contributed by atoms with E-state index < -0.39 is 35.3 Å². The van der Waals surface area contributed by atoms with Gasteiger partial charge in [0.1, 0.15) is 12.2 Å². The average molecular weight is 711 g/mol. The molecule has 3 N–H and O–H groups in total. The van der Waals surface area contributed by atoms with Crippen molar-refractivity contribution >= 4 is 0 Å². The van der Waals surface area contributed by atoms with Crippen molar-refractivity contribution in [1.29, 1.82) is 0 Å². The maximum atomic E-state index is 12.7. The fraction of sp³-hybridized carbons (Fsp3) is 0.767. The Bertz CT molecular complexity index is 1390. The molecule has 1 aromatic carbocycles. The molecule has 0 amide bonds. The van der Waals surface area contributed by atoms with Crippen LogP contribution in [0.2, 0.25) is 0 Å². The Morgan fingerprint density at radius 1 is 0.745 bits per heavy atom. The van der Waals surface area contributed by atoms with E-state index in [2.05, 4.69) is 31.0 Å². The zero-order valence-electron chi connectivity index (χ0n) is 32.1. The van der Waals surface area contributed by atoms with Gasteiger partial charge in [0, 0.05) is 12.3 Å². The van der Waals surface area contributed by atoms with Gasteiger partial charge in [0.05, 0.1) is 13.2 Å². The van der Waals surface area contributed by atoms with Crippen molar-refractivity contribution in [3.63, 3.8) is 0 Å². The van der Waals surface area contributed by atoms with E-state index in [4.69, 9.17) is 9.47 Å². The predicted molar refractivity (Wildman–Crippen MR) is 206 cm³/mol. The second-order valence-electron chi connectivity index (χ2n) is 15.5. The van der Waals surface area contributed by atoms with Crippen molar-refractivity contribution in [3.05, 3.63) is 67.5 Å². The highest BCUT2D eigenvalue weighted by Crippen LogP contribution is 2.53. The van der Waals surface area contributed by atoms with Crippen LogP contribution in [0, 0.1) is 0 Å². The molecule has 51 heavy (non-hydrogen) atoms. The van der Waals surface area contributed by atoms with Crippen LogP contribution in [0.1, 0.15) is 190 Å². The van der Waals surface area contributed by atoms with Gasteiger partial charge in [-0.1, -0.05) is 161 Å². The molecule has 8 heteroatoms. The van der Waals surface area contributed by atoms with Crippen LogP contribution in [-0.4, -0.2) is 38.6 Å². The lowest BCUT2D eigenvalue weighted by atomic mass is 9.79. The van der Waals surface area contributed by atoms with Gasteiger partial charge in [-0.05, 0) is 47.9 Å². The largest absolute Gasteiger partial charge is 0.394 e. The molecule has 0 unspecified atom stereocenters. The normalized spacial score (nSPS) is 21.2. The summed E-state index contributed by atoms with van der Waals surface area (Å²) in [5.41, 5.74) is 1.89. The topological polar surface area (TPSA) is 114 Å². The number of aliphatic hydroxyl groups is 2. The van der Waals surface area contributed by atoms with Crippen LogP contribution < -0.4 is 11.2 Å². The van der Waals surface area contributed by atoms with Gasteiger partial charge in [-0.3, -0.25) is 14.3 Å². The number of ether oxygens (including phenoxy) is 2. The molecule has 1 saturated heterocycles. The first-order valence-electron chi connectivity index (χ1n) is 21.0. The minimum atomic E-state index is -1.30. The van der Waals surface area contributed by atoms with Crippen LogP contribution in [0.25, 0.3) is 0 Å². The SMILES string of the molecule is CCCCCCCCCCCCCCCCCCCCCc1cc(CCCCCC)c2c(c1)CO[C@@]21[C@@H](CO)O[C@@H](n2ccc(=O)[nH]c2=O)[C@@H]1O. The Morgan fingerprint density at radius 3 is 1.78 bits per heavy atom. The summed E-state index contributed by atoms with van der Waals surface area (Å²) < 4.78 is 13.8. The van der Waals surface area contributed by atoms with Crippen LogP contribution in [0.3, 0.4) is 0 Å². The minimum Gasteiger partial charge on any atom is -0.394 e. The van der Waals surface area contributed by atoms with Crippen LogP contribution in [0.15, 0.2) is 34.0 Å². The Morgan fingerprint density at radius 2 is 1.25 bits per heavy atom. The number of aromatic nitrogens is 2. The van der Waals surface area contributed by atoms with E-state index in [0.717, 1.165) is 55.2 Å². The number of rotatable bonds is 27. The van der Waals surface area contributed by atoms with E-state index in [-0.39, 0.29) is 6.61 Å². The molecule has 2 aliphatic heterocycles. The van der Waals surface area contributed by atoms with Gasteiger partial charge in [0.25, 0.3) is 5.56 Å². The number of fused-ring (bicyclic) bond motifs is 2. The summed E-state index contributed by atoms with van der Waals surface area (Å²) >= 11 is 0. The van der Waals surface area contributed by atoms with Crippen LogP contribution >= 0.6 is 0 Å². The number of benzene rings is 1. The monoisotopic (exact) mass is 711 g/mol. The highest BCUT2D eigenvalue weighted by Gasteiger charge is 2.62. The molecule has 0 bridgehead atoms. The molecule has 288 valence electrons. The molecular formula is C43H70N2O6. The quantitative estimate of drug-likeness (QED) is 0.0797. The third-order valence-corrected chi connectivity index (χ3v) is 11.4. The van der Waals surface area contributed by atoms with Crippen molar-refractivity contribution in [2.45, 2.75) is 205 Å². The lowest BCUT2D eigenvalue weighted by molar-refractivity contribution is -0.135. The lowest BCUT2D eigenvalue weighted by Crippen LogP contribution is -2.47. The van der Waals surface area contributed by atoms with Crippen LogP contribution in [0.4, 0.5) is 0 Å². The van der Waals surface area contributed by atoms with E-state index in [1.54, 1.807) is 0 Å². The summed E-state index contributed by atoms with van der Waals surface area (Å²) in [5, 5.41) is 22.3. The maximum Gasteiger partial charge on any atom is 0.330 e. The highest BCUT2D eigenvalue weighted by molar-refractivity contribution is 5.48. The molecule has 4 atom stereocenters. The molecule has 1 fully saturated rings. The van der Waals surface area contributed by atoms with Gasteiger partial charge < -0.3 is 19.7 Å². The van der Waals surface area contributed by atoms with Gasteiger partial charge in [0.2, 0.25) is 0 Å². The zero-order valence-corrected chi connectivity index (χ0v) is 32.1. The van der Waals surface area contributed by atoms with Crippen molar-refractivity contribution in [2.24, 2.45) is 0 Å². The number of aryl methyl sites for hydroxylation is 2. The Hall–Kier alpha value is -2.26. The highest BCUT2D eigenvalue weighted by atomic mass is 16.6. The van der Waals surface area contributed by atoms with Crippen molar-refractivity contribution in [3.8, 4) is 0 Å². The summed E-state index contributed by atoms with van der Waals surface area (Å²) in [5.74, 6) is 0. The first kappa shape index (κ1) is 41.5. The zero-order chi connectivity index (χ0) is 36.3. The van der Waals surface area contributed by atoms with Crippen LogP contribution in [0.5, 0.6) is 0 Å². The Labute approximate surface area is 307 Å². The number of H-pyrrole nitrogens is 1. The summed E-state index contributed by atoms with van der Waals surface area (Å²) in [6, 6.07) is 5.73. The summed E-state index contributed by atoms with van der Waals surface area (Å²) in [7, 11) is 0. The molecule has 4 rings (SSSR count). The molecule has 3 heterocycles. The Kier molecular flexibility index (Phi) is 18.5. The summed E-state index contributed by atoms with van der Waals surface area (Å²) in [6.45, 7) is 4.43. The van der Waals surface area contributed by atoms with Gasteiger partial charge in [-0.15, -0.1) is 0 Å². The van der Waals surface area contributed by atoms with Gasteiger partial charge in [-0.25, -0.2) is 4.79 Å². The number of aromatic amines is 1. The standard InChI is InChI=1S/C43H70N2O6/c1-3-5-7-9-10-11-12-13-14-15-16-17-18-19-20-21-22-23-24-26-34-30-35(27-25-8-6-4-2)39-36(31-34)33-50-43(39)37(32-46)51-41(40(43)48)45-29-28-38(47)44-42(45)49/h28-31,37,40-41,46,48H,3-27,32-33H2,1-2H3,(H,44,47,49)/t37-,40+,41-,43+/m1/s1. The van der Waals surface area contributed by atoms with Gasteiger partial charge >= 0.3 is 5.69 Å². The second-order valence-corrected chi connectivity index (χ2v) is 15.5. The van der Waals surface area contributed by atoms with E-state index >= 15 is 0 Å². The summed E-state index contributed by atoms with van der Waals surface area (Å²) in [6.07, 6.45) is 30.6. The number of unbranched alkanes of at least 4 members (excludes halogenated alkanes) is 21. The summed E-state index contributed by atoms with van der Waals surface area (Å²) in [4.78, 5) is 26.6. The molecule has 1 spiro atoms. The van der Waals surface area contributed by atoms with E-state index in [0.29, 0.717) is 6.61 Å². The number of aliphatic hydroxyl groups excluding tert-OH is 2. The third kappa shape index (κ3) is 11.9. The van der Waals surface area contributed by atoms with Crippen molar-refractivity contribution < 1.29 is 19.7 Å². The molecule has 8 nitrogen and oxygen atoms in total. The van der Waals surface area contributed by atoms with E-state index in [1.165, 1.54) is 144 Å². The molecule has 0 aliphatic carbocycles. The van der Waals surface area contributed by atoms with Gasteiger partial charge in [-0.2, -0.15) is 0 Å². The number of hydrogen-bond donors (Lipinski definition) is 3. The third-order valence-electron chi connectivity index (χ3n) is 11.4. The minimum absolute atomic E-state index is 0.314. The lowest BCUT2D eigenvalue weighted by Gasteiger charge is -2.33. The molecule has 1 aromatic heterocycles. The number of nitrogens with zero attached hydrogens (tertiary/aromatic N) is 1. The first-order valence-corrected chi connectivity index (χ1v) is 21.0. The fourth-order valence-corrected chi connectivity index (χ4v) is 8.47. The number of hydrogen-bond acceptors (Lipinski definition) is 6. The predicted octanol–water partition coefficient (Wildman–Crippen LogP) is 9.31.